The average molecular weight is 378 g/mol. The van der Waals surface area contributed by atoms with Crippen molar-refractivity contribution >= 4 is 23.9 Å². The SMILES string of the molecule is CC(=O)N1C=Cc2ccccc2[C@@H]1CC(=O)N[C@@H](Cc1ccccc1)C(=O)O. The number of nitrogens with zero attached hydrogens (tertiary/aromatic N) is 1. The second-order valence-corrected chi connectivity index (χ2v) is 6.74. The van der Waals surface area contributed by atoms with Gasteiger partial charge in [-0.15, -0.1) is 0 Å². The minimum atomic E-state index is -1.09. The third-order valence-corrected chi connectivity index (χ3v) is 4.76. The zero-order valence-electron chi connectivity index (χ0n) is 15.5. The van der Waals surface area contributed by atoms with Crippen LogP contribution in [0.3, 0.4) is 0 Å². The van der Waals surface area contributed by atoms with E-state index in [1.54, 1.807) is 6.20 Å². The van der Waals surface area contributed by atoms with E-state index in [4.69, 9.17) is 0 Å². The molecule has 2 aromatic carbocycles. The van der Waals surface area contributed by atoms with Crippen LogP contribution in [0, 0.1) is 0 Å². The number of rotatable bonds is 6. The van der Waals surface area contributed by atoms with E-state index in [1.165, 1.54) is 11.8 Å². The van der Waals surface area contributed by atoms with Gasteiger partial charge in [-0.2, -0.15) is 0 Å². The summed E-state index contributed by atoms with van der Waals surface area (Å²) in [5, 5.41) is 12.1. The summed E-state index contributed by atoms with van der Waals surface area (Å²) in [6, 6.07) is 15.2. The normalized spacial score (nSPS) is 16.2. The molecule has 1 aliphatic heterocycles. The third-order valence-electron chi connectivity index (χ3n) is 4.76. The Balaban J connectivity index is 1.75. The van der Waals surface area contributed by atoms with Crippen LogP contribution in [0.4, 0.5) is 0 Å². The number of nitrogens with one attached hydrogen (secondary N) is 1. The highest BCUT2D eigenvalue weighted by atomic mass is 16.4. The number of amides is 2. The molecule has 0 unspecified atom stereocenters. The molecule has 2 amide bonds. The molecule has 6 heteroatoms. The second kappa shape index (κ2) is 8.52. The van der Waals surface area contributed by atoms with E-state index in [2.05, 4.69) is 5.32 Å². The molecule has 0 bridgehead atoms. The summed E-state index contributed by atoms with van der Waals surface area (Å²) in [5.41, 5.74) is 2.63. The molecule has 144 valence electrons. The molecule has 0 saturated carbocycles. The number of hydrogen-bond donors (Lipinski definition) is 2. The number of fused-ring (bicyclic) bond motifs is 1. The number of carboxylic acid groups (broad SMARTS) is 1. The number of aliphatic carboxylic acids is 1. The van der Waals surface area contributed by atoms with Crippen LogP contribution < -0.4 is 5.32 Å². The lowest BCUT2D eigenvalue weighted by Crippen LogP contribution is -2.44. The van der Waals surface area contributed by atoms with E-state index in [-0.39, 0.29) is 18.7 Å². The van der Waals surface area contributed by atoms with Gasteiger partial charge < -0.3 is 15.3 Å². The lowest BCUT2D eigenvalue weighted by atomic mass is 9.93. The first kappa shape index (κ1) is 19.4. The van der Waals surface area contributed by atoms with Crippen molar-refractivity contribution in [3.05, 3.63) is 77.5 Å². The average Bonchev–Trinajstić information content (AvgIpc) is 2.68. The first-order valence-electron chi connectivity index (χ1n) is 9.08. The molecular formula is C22H22N2O4. The Hall–Kier alpha value is -3.41. The van der Waals surface area contributed by atoms with Crippen molar-refractivity contribution in [2.75, 3.05) is 0 Å². The highest BCUT2D eigenvalue weighted by molar-refractivity contribution is 5.85. The Morgan fingerprint density at radius 3 is 2.43 bits per heavy atom. The van der Waals surface area contributed by atoms with Crippen molar-refractivity contribution in [1.29, 1.82) is 0 Å². The lowest BCUT2D eigenvalue weighted by Gasteiger charge is -2.32. The summed E-state index contributed by atoms with van der Waals surface area (Å²) >= 11 is 0. The molecule has 2 atom stereocenters. The Kier molecular flexibility index (Phi) is 5.89. The van der Waals surface area contributed by atoms with Gasteiger partial charge in [0.05, 0.1) is 12.5 Å². The molecule has 3 rings (SSSR count). The topological polar surface area (TPSA) is 86.7 Å². The Morgan fingerprint density at radius 1 is 1.07 bits per heavy atom. The molecule has 1 aliphatic rings. The van der Waals surface area contributed by atoms with Crippen molar-refractivity contribution in [2.24, 2.45) is 0 Å². The van der Waals surface area contributed by atoms with Gasteiger partial charge in [-0.1, -0.05) is 54.6 Å². The van der Waals surface area contributed by atoms with E-state index < -0.39 is 24.0 Å². The fourth-order valence-corrected chi connectivity index (χ4v) is 3.39. The monoisotopic (exact) mass is 378 g/mol. The van der Waals surface area contributed by atoms with Gasteiger partial charge >= 0.3 is 5.97 Å². The molecule has 0 aliphatic carbocycles. The number of carboxylic acids is 1. The Labute approximate surface area is 163 Å². The van der Waals surface area contributed by atoms with Crippen LogP contribution in [-0.4, -0.2) is 33.8 Å². The molecule has 2 aromatic rings. The van der Waals surface area contributed by atoms with Crippen LogP contribution in [0.15, 0.2) is 60.8 Å². The van der Waals surface area contributed by atoms with Gasteiger partial charge in [0.1, 0.15) is 6.04 Å². The standard InChI is InChI=1S/C22H22N2O4/c1-15(25)24-12-11-17-9-5-6-10-18(17)20(24)14-21(26)23-19(22(27)28)13-16-7-3-2-4-8-16/h2-12,19-20H,13-14H2,1H3,(H,23,26)(H,27,28)/t19-,20-/m0/s1. The fourth-order valence-electron chi connectivity index (χ4n) is 3.39. The molecule has 6 nitrogen and oxygen atoms in total. The van der Waals surface area contributed by atoms with E-state index in [9.17, 15) is 19.5 Å². The molecule has 28 heavy (non-hydrogen) atoms. The van der Waals surface area contributed by atoms with Crippen LogP contribution in [-0.2, 0) is 20.8 Å². The number of benzene rings is 2. The maximum atomic E-state index is 12.7. The van der Waals surface area contributed by atoms with Gasteiger partial charge in [-0.05, 0) is 22.8 Å². The quantitative estimate of drug-likeness (QED) is 0.809. The molecule has 2 N–H and O–H groups in total. The summed E-state index contributed by atoms with van der Waals surface area (Å²) in [7, 11) is 0. The number of hydrogen-bond acceptors (Lipinski definition) is 3. The molecule has 0 fully saturated rings. The highest BCUT2D eigenvalue weighted by Gasteiger charge is 2.29. The second-order valence-electron chi connectivity index (χ2n) is 6.74. The highest BCUT2D eigenvalue weighted by Crippen LogP contribution is 2.32. The summed E-state index contributed by atoms with van der Waals surface area (Å²) in [5.74, 6) is -1.68. The Bertz CT molecular complexity index is 908. The minimum absolute atomic E-state index is 0.0144. The van der Waals surface area contributed by atoms with Crippen molar-refractivity contribution in [1.82, 2.24) is 10.2 Å². The van der Waals surface area contributed by atoms with Crippen LogP contribution in [0.2, 0.25) is 0 Å². The zero-order valence-corrected chi connectivity index (χ0v) is 15.5. The van der Waals surface area contributed by atoms with E-state index >= 15 is 0 Å². The largest absolute Gasteiger partial charge is 0.480 e. The fraction of sp³-hybridized carbons (Fsp3) is 0.227. The van der Waals surface area contributed by atoms with Gasteiger partial charge in [-0.3, -0.25) is 9.59 Å². The summed E-state index contributed by atoms with van der Waals surface area (Å²) in [6.07, 6.45) is 3.68. The minimum Gasteiger partial charge on any atom is -0.480 e. The zero-order chi connectivity index (χ0) is 20.1. The molecular weight excluding hydrogens is 356 g/mol. The molecule has 0 spiro atoms. The first-order chi connectivity index (χ1) is 13.5. The maximum Gasteiger partial charge on any atom is 0.326 e. The van der Waals surface area contributed by atoms with E-state index in [0.717, 1.165) is 16.7 Å². The van der Waals surface area contributed by atoms with Crippen molar-refractivity contribution < 1.29 is 19.5 Å². The van der Waals surface area contributed by atoms with Gasteiger partial charge in [-0.25, -0.2) is 4.79 Å². The van der Waals surface area contributed by atoms with Crippen molar-refractivity contribution in [2.45, 2.75) is 31.8 Å². The predicted molar refractivity (Wildman–Crippen MR) is 105 cm³/mol. The third kappa shape index (κ3) is 4.46. The molecule has 0 saturated heterocycles. The van der Waals surface area contributed by atoms with E-state index in [1.807, 2.05) is 60.7 Å². The van der Waals surface area contributed by atoms with Crippen LogP contribution in [0.5, 0.6) is 0 Å². The maximum absolute atomic E-state index is 12.7. The van der Waals surface area contributed by atoms with Gasteiger partial charge in [0.25, 0.3) is 0 Å². The summed E-state index contributed by atoms with van der Waals surface area (Å²) in [4.78, 5) is 37.8. The van der Waals surface area contributed by atoms with E-state index in [0.29, 0.717) is 0 Å². The predicted octanol–water partition coefficient (Wildman–Crippen LogP) is 2.76. The van der Waals surface area contributed by atoms with Gasteiger partial charge in [0.15, 0.2) is 0 Å². The van der Waals surface area contributed by atoms with Crippen LogP contribution in [0.1, 0.15) is 36.1 Å². The van der Waals surface area contributed by atoms with Gasteiger partial charge in [0, 0.05) is 19.5 Å². The van der Waals surface area contributed by atoms with Gasteiger partial charge in [0.2, 0.25) is 11.8 Å². The molecule has 0 aromatic heterocycles. The molecule has 0 radical (unpaired) electrons. The Morgan fingerprint density at radius 2 is 1.75 bits per heavy atom. The number of carbonyl (C=O) groups is 3. The van der Waals surface area contributed by atoms with Crippen LogP contribution >= 0.6 is 0 Å². The smallest absolute Gasteiger partial charge is 0.326 e. The summed E-state index contributed by atoms with van der Waals surface area (Å²) in [6.45, 7) is 1.44. The number of carbonyl (C=O) groups excluding carboxylic acids is 2. The van der Waals surface area contributed by atoms with Crippen molar-refractivity contribution in [3.8, 4) is 0 Å². The summed E-state index contributed by atoms with van der Waals surface area (Å²) < 4.78 is 0. The molecule has 1 heterocycles. The van der Waals surface area contributed by atoms with Crippen molar-refractivity contribution in [3.63, 3.8) is 0 Å². The lowest BCUT2D eigenvalue weighted by molar-refractivity contribution is -0.142. The first-order valence-corrected chi connectivity index (χ1v) is 9.08. The van der Waals surface area contributed by atoms with Crippen LogP contribution in [0.25, 0.3) is 6.08 Å².